The third kappa shape index (κ3) is 3.14. The fraction of sp³-hybridized carbons (Fsp3) is 0.350. The van der Waals surface area contributed by atoms with Crippen LogP contribution in [0, 0.1) is 20.8 Å². The molecular formula is C20H22N4O3. The van der Waals surface area contributed by atoms with Crippen molar-refractivity contribution >= 4 is 5.91 Å². The van der Waals surface area contributed by atoms with E-state index in [1.165, 1.54) is 0 Å². The predicted octanol–water partition coefficient (Wildman–Crippen LogP) is 3.00. The van der Waals surface area contributed by atoms with Gasteiger partial charge in [0.1, 0.15) is 0 Å². The number of nitrogens with zero attached hydrogens (tertiary/aromatic N) is 4. The average molecular weight is 366 g/mol. The number of aryl methyl sites for hydroxylation is 2. The van der Waals surface area contributed by atoms with Crippen LogP contribution < -0.4 is 0 Å². The van der Waals surface area contributed by atoms with Crippen molar-refractivity contribution in [1.29, 1.82) is 0 Å². The van der Waals surface area contributed by atoms with Gasteiger partial charge in [0.05, 0.1) is 36.3 Å². The Hall–Kier alpha value is -2.93. The molecule has 0 bridgehead atoms. The fourth-order valence-corrected chi connectivity index (χ4v) is 3.65. The standard InChI is InChI=1S/C20H22N4O3/c1-13-11-18(27-22-13)20(25)23-9-10-26-12-17(23)19-14(2)21-24(15(19)3)16-7-5-4-6-8-16/h4-8,11,17H,9-10,12H2,1-3H3/t17-/m1/s1. The lowest BCUT2D eigenvalue weighted by molar-refractivity contribution is -0.00498. The summed E-state index contributed by atoms with van der Waals surface area (Å²) < 4.78 is 12.8. The van der Waals surface area contributed by atoms with Crippen molar-refractivity contribution in [3.63, 3.8) is 0 Å². The summed E-state index contributed by atoms with van der Waals surface area (Å²) in [5, 5.41) is 8.55. The van der Waals surface area contributed by atoms with Gasteiger partial charge in [-0.05, 0) is 32.9 Å². The van der Waals surface area contributed by atoms with Crippen molar-refractivity contribution in [3.05, 3.63) is 64.8 Å². The van der Waals surface area contributed by atoms with Crippen LogP contribution in [0.4, 0.5) is 0 Å². The highest BCUT2D eigenvalue weighted by Crippen LogP contribution is 2.31. The zero-order chi connectivity index (χ0) is 19.0. The van der Waals surface area contributed by atoms with Crippen LogP contribution in [0.1, 0.15) is 39.2 Å². The van der Waals surface area contributed by atoms with Gasteiger partial charge in [0.15, 0.2) is 0 Å². The Morgan fingerprint density at radius 3 is 2.67 bits per heavy atom. The quantitative estimate of drug-likeness (QED) is 0.712. The van der Waals surface area contributed by atoms with Crippen molar-refractivity contribution < 1.29 is 14.1 Å². The van der Waals surface area contributed by atoms with E-state index < -0.39 is 0 Å². The highest BCUT2D eigenvalue weighted by molar-refractivity contribution is 5.92. The molecule has 1 amide bonds. The molecule has 140 valence electrons. The molecule has 27 heavy (non-hydrogen) atoms. The Morgan fingerprint density at radius 1 is 1.19 bits per heavy atom. The summed E-state index contributed by atoms with van der Waals surface area (Å²) >= 11 is 0. The lowest BCUT2D eigenvalue weighted by Crippen LogP contribution is -2.43. The molecule has 0 N–H and O–H groups in total. The normalized spacial score (nSPS) is 17.3. The van der Waals surface area contributed by atoms with E-state index >= 15 is 0 Å². The molecule has 1 fully saturated rings. The summed E-state index contributed by atoms with van der Waals surface area (Å²) in [5.74, 6) is 0.0836. The molecular weight excluding hydrogens is 344 g/mol. The minimum absolute atomic E-state index is 0.171. The Kier molecular flexibility index (Phi) is 4.53. The monoisotopic (exact) mass is 366 g/mol. The molecule has 1 aromatic carbocycles. The zero-order valence-electron chi connectivity index (χ0n) is 15.7. The highest BCUT2D eigenvalue weighted by atomic mass is 16.5. The molecule has 7 nitrogen and oxygen atoms in total. The van der Waals surface area contributed by atoms with Crippen molar-refractivity contribution in [1.82, 2.24) is 19.8 Å². The number of aromatic nitrogens is 3. The van der Waals surface area contributed by atoms with Gasteiger partial charge in [0, 0.05) is 23.9 Å². The van der Waals surface area contributed by atoms with Gasteiger partial charge in [-0.2, -0.15) is 5.10 Å². The van der Waals surface area contributed by atoms with Crippen LogP contribution in [0.25, 0.3) is 5.69 Å². The Morgan fingerprint density at radius 2 is 1.96 bits per heavy atom. The van der Waals surface area contributed by atoms with Crippen molar-refractivity contribution in [2.24, 2.45) is 0 Å². The van der Waals surface area contributed by atoms with Gasteiger partial charge in [-0.25, -0.2) is 4.68 Å². The second kappa shape index (κ2) is 7.00. The molecule has 3 aromatic rings. The molecule has 1 atom stereocenters. The third-order valence-electron chi connectivity index (χ3n) is 4.91. The number of benzene rings is 1. The highest BCUT2D eigenvalue weighted by Gasteiger charge is 2.34. The number of rotatable bonds is 3. The molecule has 1 saturated heterocycles. The van der Waals surface area contributed by atoms with E-state index in [2.05, 4.69) is 5.16 Å². The van der Waals surface area contributed by atoms with Gasteiger partial charge in [-0.3, -0.25) is 4.79 Å². The topological polar surface area (TPSA) is 73.4 Å². The average Bonchev–Trinajstić information content (AvgIpc) is 3.25. The summed E-state index contributed by atoms with van der Waals surface area (Å²) in [4.78, 5) is 14.8. The van der Waals surface area contributed by atoms with Gasteiger partial charge >= 0.3 is 0 Å². The number of ether oxygens (including phenoxy) is 1. The summed E-state index contributed by atoms with van der Waals surface area (Å²) in [6, 6.07) is 11.4. The SMILES string of the molecule is Cc1cc(C(=O)N2CCOC[C@@H]2c2c(C)nn(-c3ccccc3)c2C)on1. The number of carbonyl (C=O) groups is 1. The minimum atomic E-state index is -0.214. The first kappa shape index (κ1) is 17.5. The molecule has 0 saturated carbocycles. The second-order valence-electron chi connectivity index (χ2n) is 6.75. The van der Waals surface area contributed by atoms with Crippen molar-refractivity contribution in [2.45, 2.75) is 26.8 Å². The van der Waals surface area contributed by atoms with Crippen LogP contribution in [0.5, 0.6) is 0 Å². The lowest BCUT2D eigenvalue weighted by atomic mass is 10.0. The van der Waals surface area contributed by atoms with E-state index in [1.54, 1.807) is 17.9 Å². The van der Waals surface area contributed by atoms with E-state index in [0.717, 1.165) is 22.6 Å². The summed E-state index contributed by atoms with van der Waals surface area (Å²) in [6.45, 7) is 7.23. The van der Waals surface area contributed by atoms with Crippen LogP contribution in [-0.2, 0) is 4.74 Å². The first-order chi connectivity index (χ1) is 13.1. The van der Waals surface area contributed by atoms with E-state index in [0.29, 0.717) is 25.5 Å². The fourth-order valence-electron chi connectivity index (χ4n) is 3.65. The van der Waals surface area contributed by atoms with E-state index in [4.69, 9.17) is 14.4 Å². The summed E-state index contributed by atoms with van der Waals surface area (Å²) in [7, 11) is 0. The number of morpholine rings is 1. The van der Waals surface area contributed by atoms with Crippen molar-refractivity contribution in [3.8, 4) is 5.69 Å². The summed E-state index contributed by atoms with van der Waals surface area (Å²) in [6.07, 6.45) is 0. The largest absolute Gasteiger partial charge is 0.377 e. The molecule has 7 heteroatoms. The first-order valence-corrected chi connectivity index (χ1v) is 9.00. The smallest absolute Gasteiger partial charge is 0.293 e. The van der Waals surface area contributed by atoms with Crippen LogP contribution in [0.2, 0.25) is 0 Å². The molecule has 0 aliphatic carbocycles. The van der Waals surface area contributed by atoms with Crippen LogP contribution in [0.3, 0.4) is 0 Å². The summed E-state index contributed by atoms with van der Waals surface area (Å²) in [5.41, 5.74) is 4.58. The lowest BCUT2D eigenvalue weighted by Gasteiger charge is -2.35. The van der Waals surface area contributed by atoms with E-state index in [9.17, 15) is 4.79 Å². The molecule has 0 spiro atoms. The first-order valence-electron chi connectivity index (χ1n) is 9.00. The molecule has 2 aromatic heterocycles. The predicted molar refractivity (Wildman–Crippen MR) is 98.9 cm³/mol. The van der Waals surface area contributed by atoms with Gasteiger partial charge in [0.25, 0.3) is 5.91 Å². The molecule has 1 aliphatic heterocycles. The van der Waals surface area contributed by atoms with Gasteiger partial charge < -0.3 is 14.2 Å². The molecule has 4 rings (SSSR count). The van der Waals surface area contributed by atoms with Crippen molar-refractivity contribution in [2.75, 3.05) is 19.8 Å². The Bertz CT molecular complexity index is 961. The number of amides is 1. The molecule has 3 heterocycles. The molecule has 0 radical (unpaired) electrons. The van der Waals surface area contributed by atoms with Crippen LogP contribution >= 0.6 is 0 Å². The number of para-hydroxylation sites is 1. The van der Waals surface area contributed by atoms with Gasteiger partial charge in [-0.15, -0.1) is 0 Å². The third-order valence-corrected chi connectivity index (χ3v) is 4.91. The van der Waals surface area contributed by atoms with Gasteiger partial charge in [0.2, 0.25) is 5.76 Å². The van der Waals surface area contributed by atoms with Gasteiger partial charge in [-0.1, -0.05) is 23.4 Å². The second-order valence-corrected chi connectivity index (χ2v) is 6.75. The Balaban J connectivity index is 1.72. The minimum Gasteiger partial charge on any atom is -0.377 e. The van der Waals surface area contributed by atoms with Crippen LogP contribution in [-0.4, -0.2) is 45.5 Å². The van der Waals surface area contributed by atoms with E-state index in [-0.39, 0.29) is 17.7 Å². The Labute approximate surface area is 157 Å². The molecule has 1 aliphatic rings. The van der Waals surface area contributed by atoms with E-state index in [1.807, 2.05) is 48.9 Å². The molecule has 0 unspecified atom stereocenters. The maximum Gasteiger partial charge on any atom is 0.293 e. The maximum absolute atomic E-state index is 13.0. The zero-order valence-corrected chi connectivity index (χ0v) is 15.7. The number of carbonyl (C=O) groups excluding carboxylic acids is 1. The maximum atomic E-state index is 13.0. The van der Waals surface area contributed by atoms with Crippen LogP contribution in [0.15, 0.2) is 40.9 Å². The number of hydrogen-bond acceptors (Lipinski definition) is 5. The number of hydrogen-bond donors (Lipinski definition) is 0.